The summed E-state index contributed by atoms with van der Waals surface area (Å²) >= 11 is 0. The fraction of sp³-hybridized carbons (Fsp3) is 0.615. The van der Waals surface area contributed by atoms with Gasteiger partial charge in [0.25, 0.3) is 0 Å². The number of nitrogens with two attached hydrogens (primary N) is 1. The highest BCUT2D eigenvalue weighted by molar-refractivity contribution is 5.37. The molecule has 1 aromatic rings. The number of pyridine rings is 1. The summed E-state index contributed by atoms with van der Waals surface area (Å²) < 4.78 is 0. The number of anilines is 1. The van der Waals surface area contributed by atoms with Crippen molar-refractivity contribution in [3.05, 3.63) is 23.4 Å². The second kappa shape index (κ2) is 3.84. The van der Waals surface area contributed by atoms with E-state index in [0.29, 0.717) is 11.2 Å². The lowest BCUT2D eigenvalue weighted by Gasteiger charge is -2.27. The minimum atomic E-state index is 0.320. The summed E-state index contributed by atoms with van der Waals surface area (Å²) in [6, 6.07) is 4.16. The van der Waals surface area contributed by atoms with E-state index in [4.69, 9.17) is 5.73 Å². The van der Waals surface area contributed by atoms with Crippen LogP contribution >= 0.6 is 0 Å². The zero-order valence-corrected chi connectivity index (χ0v) is 9.71. The van der Waals surface area contributed by atoms with Crippen molar-refractivity contribution < 1.29 is 0 Å². The Morgan fingerprint density at radius 2 is 2.00 bits per heavy atom. The topological polar surface area (TPSA) is 38.9 Å². The lowest BCUT2D eigenvalue weighted by atomic mass is 9.79. The number of hydrogen-bond acceptors (Lipinski definition) is 2. The molecule has 82 valence electrons. The summed E-state index contributed by atoms with van der Waals surface area (Å²) in [5.74, 6) is 0.671. The third-order valence-electron chi connectivity index (χ3n) is 3.77. The van der Waals surface area contributed by atoms with Gasteiger partial charge >= 0.3 is 0 Å². The number of hydrogen-bond donors (Lipinski definition) is 1. The van der Waals surface area contributed by atoms with Crippen LogP contribution in [-0.2, 0) is 5.41 Å². The highest BCUT2D eigenvalue weighted by atomic mass is 14.9. The molecular formula is C13H20N2. The Labute approximate surface area is 91.9 Å². The molecule has 2 rings (SSSR count). The quantitative estimate of drug-likeness (QED) is 0.803. The molecule has 0 amide bonds. The van der Waals surface area contributed by atoms with Gasteiger partial charge in [-0.25, -0.2) is 4.98 Å². The van der Waals surface area contributed by atoms with E-state index >= 15 is 0 Å². The van der Waals surface area contributed by atoms with Gasteiger partial charge in [0.1, 0.15) is 5.82 Å². The Balaban J connectivity index is 2.42. The van der Waals surface area contributed by atoms with Gasteiger partial charge in [0.2, 0.25) is 0 Å². The first-order valence-corrected chi connectivity index (χ1v) is 5.91. The second-order valence-electron chi connectivity index (χ2n) is 4.80. The van der Waals surface area contributed by atoms with E-state index in [9.17, 15) is 0 Å². The number of rotatable bonds is 2. The van der Waals surface area contributed by atoms with Gasteiger partial charge in [-0.15, -0.1) is 0 Å². The van der Waals surface area contributed by atoms with Gasteiger partial charge in [0, 0.05) is 11.1 Å². The summed E-state index contributed by atoms with van der Waals surface area (Å²) in [6.07, 6.45) is 6.41. The van der Waals surface area contributed by atoms with Crippen molar-refractivity contribution in [3.63, 3.8) is 0 Å². The highest BCUT2D eigenvalue weighted by Crippen LogP contribution is 2.43. The van der Waals surface area contributed by atoms with E-state index in [1.165, 1.54) is 43.4 Å². The van der Waals surface area contributed by atoms with Crippen LogP contribution in [-0.4, -0.2) is 4.98 Å². The third-order valence-corrected chi connectivity index (χ3v) is 3.77. The molecular weight excluding hydrogens is 184 g/mol. The zero-order chi connectivity index (χ0) is 10.9. The van der Waals surface area contributed by atoms with Gasteiger partial charge in [0.05, 0.1) is 0 Å². The van der Waals surface area contributed by atoms with E-state index in [2.05, 4.69) is 24.9 Å². The standard InChI is InChI=1S/C13H20N2/c1-3-13(6-4-5-7-13)11-8-10(2)9-12(14)15-11/h8-9H,3-7H2,1-2H3,(H2,14,15). The van der Waals surface area contributed by atoms with Crippen molar-refractivity contribution in [2.45, 2.75) is 51.4 Å². The molecule has 15 heavy (non-hydrogen) atoms. The Bertz CT molecular complexity index is 331. The molecule has 2 heteroatoms. The first-order chi connectivity index (χ1) is 7.16. The van der Waals surface area contributed by atoms with Crippen LogP contribution in [0.25, 0.3) is 0 Å². The molecule has 0 atom stereocenters. The van der Waals surface area contributed by atoms with Crippen LogP contribution in [0.3, 0.4) is 0 Å². The number of aromatic nitrogens is 1. The van der Waals surface area contributed by atoms with Gasteiger partial charge in [-0.1, -0.05) is 19.8 Å². The Morgan fingerprint density at radius 3 is 2.53 bits per heavy atom. The molecule has 2 nitrogen and oxygen atoms in total. The van der Waals surface area contributed by atoms with Crippen LogP contribution in [0.1, 0.15) is 50.3 Å². The predicted octanol–water partition coefficient (Wildman–Crippen LogP) is 3.19. The Morgan fingerprint density at radius 1 is 1.33 bits per heavy atom. The molecule has 0 radical (unpaired) electrons. The molecule has 1 saturated carbocycles. The van der Waals surface area contributed by atoms with Crippen molar-refractivity contribution in [1.82, 2.24) is 4.98 Å². The van der Waals surface area contributed by atoms with Gasteiger partial charge in [-0.2, -0.15) is 0 Å². The highest BCUT2D eigenvalue weighted by Gasteiger charge is 2.35. The molecule has 1 aliphatic carbocycles. The molecule has 1 fully saturated rings. The van der Waals surface area contributed by atoms with Crippen LogP contribution < -0.4 is 5.73 Å². The number of aryl methyl sites for hydroxylation is 1. The van der Waals surface area contributed by atoms with Gasteiger partial charge in [-0.05, 0) is 43.9 Å². The molecule has 0 bridgehead atoms. The smallest absolute Gasteiger partial charge is 0.123 e. The van der Waals surface area contributed by atoms with Crippen LogP contribution in [0.5, 0.6) is 0 Å². The summed E-state index contributed by atoms with van der Waals surface area (Å²) in [6.45, 7) is 4.37. The second-order valence-corrected chi connectivity index (χ2v) is 4.80. The molecule has 1 heterocycles. The van der Waals surface area contributed by atoms with E-state index < -0.39 is 0 Å². The fourth-order valence-electron chi connectivity index (χ4n) is 2.81. The third kappa shape index (κ3) is 1.85. The summed E-state index contributed by atoms with van der Waals surface area (Å²) in [7, 11) is 0. The average Bonchev–Trinajstić information content (AvgIpc) is 2.65. The normalized spacial score (nSPS) is 19.3. The van der Waals surface area contributed by atoms with E-state index in [1.54, 1.807) is 0 Å². The molecule has 0 unspecified atom stereocenters. The zero-order valence-electron chi connectivity index (χ0n) is 9.71. The number of nitrogen functional groups attached to an aromatic ring is 1. The van der Waals surface area contributed by atoms with Gasteiger partial charge in [0.15, 0.2) is 0 Å². The first kappa shape index (κ1) is 10.5. The SMILES string of the molecule is CCC1(c2cc(C)cc(N)n2)CCCC1. The minimum absolute atomic E-state index is 0.320. The lowest BCUT2D eigenvalue weighted by Crippen LogP contribution is -2.23. The molecule has 0 spiro atoms. The van der Waals surface area contributed by atoms with Crippen molar-refractivity contribution >= 4 is 5.82 Å². The molecule has 1 aliphatic rings. The van der Waals surface area contributed by atoms with Crippen LogP contribution in [0.2, 0.25) is 0 Å². The maximum Gasteiger partial charge on any atom is 0.123 e. The molecule has 2 N–H and O–H groups in total. The van der Waals surface area contributed by atoms with Crippen molar-refractivity contribution in [2.75, 3.05) is 5.73 Å². The van der Waals surface area contributed by atoms with Gasteiger partial charge < -0.3 is 5.73 Å². The molecule has 0 aliphatic heterocycles. The van der Waals surface area contributed by atoms with Crippen molar-refractivity contribution in [3.8, 4) is 0 Å². The largest absolute Gasteiger partial charge is 0.384 e. The summed E-state index contributed by atoms with van der Waals surface area (Å²) in [5, 5.41) is 0. The van der Waals surface area contributed by atoms with Crippen molar-refractivity contribution in [1.29, 1.82) is 0 Å². The van der Waals surface area contributed by atoms with Crippen LogP contribution in [0.15, 0.2) is 12.1 Å². The van der Waals surface area contributed by atoms with Gasteiger partial charge in [-0.3, -0.25) is 0 Å². The van der Waals surface area contributed by atoms with Crippen LogP contribution in [0.4, 0.5) is 5.82 Å². The first-order valence-electron chi connectivity index (χ1n) is 5.91. The lowest BCUT2D eigenvalue weighted by molar-refractivity contribution is 0.412. The number of nitrogens with zero attached hydrogens (tertiary/aromatic N) is 1. The monoisotopic (exact) mass is 204 g/mol. The van der Waals surface area contributed by atoms with E-state index in [-0.39, 0.29) is 0 Å². The summed E-state index contributed by atoms with van der Waals surface area (Å²) in [4.78, 5) is 4.54. The maximum absolute atomic E-state index is 5.83. The fourth-order valence-corrected chi connectivity index (χ4v) is 2.81. The molecule has 0 saturated heterocycles. The Hall–Kier alpha value is -1.05. The molecule has 1 aromatic heterocycles. The van der Waals surface area contributed by atoms with Crippen LogP contribution in [0, 0.1) is 6.92 Å². The average molecular weight is 204 g/mol. The van der Waals surface area contributed by atoms with E-state index in [1.807, 2.05) is 6.07 Å². The minimum Gasteiger partial charge on any atom is -0.384 e. The Kier molecular flexibility index (Phi) is 2.68. The summed E-state index contributed by atoms with van der Waals surface area (Å²) in [5.41, 5.74) is 8.60. The predicted molar refractivity (Wildman–Crippen MR) is 63.8 cm³/mol. The van der Waals surface area contributed by atoms with Crippen molar-refractivity contribution in [2.24, 2.45) is 0 Å². The molecule has 0 aromatic carbocycles. The maximum atomic E-state index is 5.83. The van der Waals surface area contributed by atoms with E-state index in [0.717, 1.165) is 0 Å².